The summed E-state index contributed by atoms with van der Waals surface area (Å²) < 4.78 is 13.8. The minimum atomic E-state index is -1.98. The maximum absolute atomic E-state index is 8.84. The molecule has 2 N–H and O–H groups in total. The van der Waals surface area contributed by atoms with E-state index in [4.69, 9.17) is 9.79 Å². The molecule has 0 saturated heterocycles. The first-order valence-electron chi connectivity index (χ1n) is 3.12. The van der Waals surface area contributed by atoms with E-state index < -0.39 is 17.2 Å². The van der Waals surface area contributed by atoms with E-state index in [0.717, 1.165) is 0 Å². The van der Waals surface area contributed by atoms with Crippen LogP contribution in [0.4, 0.5) is 0 Å². The molecule has 0 aliphatic heterocycles. The molecular formula is C4H12O5P2. The average molecular weight is 202 g/mol. The summed E-state index contributed by atoms with van der Waals surface area (Å²) in [4.78, 5) is 17.7. The molecule has 2 unspecified atom stereocenters. The van der Waals surface area contributed by atoms with Crippen LogP contribution in [0.25, 0.3) is 0 Å². The SMILES string of the molecule is CCOP(O)OP(O)OCC. The van der Waals surface area contributed by atoms with Crippen molar-refractivity contribution in [3.63, 3.8) is 0 Å². The number of rotatable bonds is 6. The molecular weight excluding hydrogens is 190 g/mol. The monoisotopic (exact) mass is 202 g/mol. The maximum atomic E-state index is 8.84. The van der Waals surface area contributed by atoms with E-state index in [9.17, 15) is 0 Å². The third-order valence-corrected chi connectivity index (χ3v) is 2.69. The molecule has 0 saturated carbocycles. The van der Waals surface area contributed by atoms with Gasteiger partial charge in [0.2, 0.25) is 0 Å². The van der Waals surface area contributed by atoms with Gasteiger partial charge in [0.25, 0.3) is 0 Å². The molecule has 0 heterocycles. The van der Waals surface area contributed by atoms with Crippen LogP contribution < -0.4 is 0 Å². The first-order chi connectivity index (χ1) is 5.20. The Hall–Kier alpha value is 0.660. The lowest BCUT2D eigenvalue weighted by atomic mass is 10.9. The van der Waals surface area contributed by atoms with Gasteiger partial charge >= 0.3 is 17.2 Å². The highest BCUT2D eigenvalue weighted by atomic mass is 31.2. The Bertz CT molecular complexity index is 82.6. The zero-order chi connectivity index (χ0) is 8.69. The normalized spacial score (nSPS) is 16.4. The molecule has 0 bridgehead atoms. The van der Waals surface area contributed by atoms with Crippen molar-refractivity contribution in [2.24, 2.45) is 0 Å². The van der Waals surface area contributed by atoms with Crippen LogP contribution in [0.5, 0.6) is 0 Å². The summed E-state index contributed by atoms with van der Waals surface area (Å²) >= 11 is 0. The van der Waals surface area contributed by atoms with E-state index in [1.165, 1.54) is 0 Å². The first-order valence-corrected chi connectivity index (χ1v) is 5.38. The molecule has 0 aromatic rings. The molecule has 0 amide bonds. The summed E-state index contributed by atoms with van der Waals surface area (Å²) in [6, 6.07) is 0. The molecule has 68 valence electrons. The largest absolute Gasteiger partial charge is 0.337 e. The van der Waals surface area contributed by atoms with Crippen LogP contribution in [0.2, 0.25) is 0 Å². The van der Waals surface area contributed by atoms with Gasteiger partial charge in [-0.3, -0.25) is 0 Å². The topological polar surface area (TPSA) is 68.2 Å². The Balaban J connectivity index is 3.32. The van der Waals surface area contributed by atoms with Gasteiger partial charge in [-0.05, 0) is 13.8 Å². The Morgan fingerprint density at radius 3 is 1.64 bits per heavy atom. The van der Waals surface area contributed by atoms with Crippen molar-refractivity contribution in [3.05, 3.63) is 0 Å². The zero-order valence-corrected chi connectivity index (χ0v) is 8.22. The van der Waals surface area contributed by atoms with Crippen molar-refractivity contribution in [3.8, 4) is 0 Å². The summed E-state index contributed by atoms with van der Waals surface area (Å²) in [7, 11) is -3.96. The highest BCUT2D eigenvalue weighted by Gasteiger charge is 2.14. The van der Waals surface area contributed by atoms with E-state index in [1.54, 1.807) is 13.8 Å². The van der Waals surface area contributed by atoms with Crippen molar-refractivity contribution in [1.29, 1.82) is 0 Å². The minimum Gasteiger partial charge on any atom is -0.328 e. The van der Waals surface area contributed by atoms with Gasteiger partial charge in [-0.25, -0.2) is 4.31 Å². The number of hydrogen-bond acceptors (Lipinski definition) is 5. The molecule has 0 aliphatic rings. The summed E-state index contributed by atoms with van der Waals surface area (Å²) in [5, 5.41) is 0. The van der Waals surface area contributed by atoms with E-state index in [-0.39, 0.29) is 0 Å². The van der Waals surface area contributed by atoms with Gasteiger partial charge in [-0.15, -0.1) is 0 Å². The van der Waals surface area contributed by atoms with Crippen LogP contribution in [-0.4, -0.2) is 23.0 Å². The molecule has 5 nitrogen and oxygen atoms in total. The van der Waals surface area contributed by atoms with Gasteiger partial charge in [-0.2, -0.15) is 0 Å². The van der Waals surface area contributed by atoms with Crippen molar-refractivity contribution in [1.82, 2.24) is 0 Å². The third kappa shape index (κ3) is 7.04. The van der Waals surface area contributed by atoms with Crippen molar-refractivity contribution in [2.75, 3.05) is 13.2 Å². The van der Waals surface area contributed by atoms with E-state index in [1.807, 2.05) is 0 Å². The third-order valence-electron chi connectivity index (χ3n) is 0.619. The van der Waals surface area contributed by atoms with Crippen LogP contribution in [0, 0.1) is 0 Å². The van der Waals surface area contributed by atoms with Gasteiger partial charge in [0, 0.05) is 0 Å². The van der Waals surface area contributed by atoms with E-state index >= 15 is 0 Å². The van der Waals surface area contributed by atoms with E-state index in [0.29, 0.717) is 13.2 Å². The second-order valence-corrected chi connectivity index (χ2v) is 3.51. The summed E-state index contributed by atoms with van der Waals surface area (Å²) in [5.74, 6) is 0. The Labute approximate surface area is 68.3 Å². The maximum Gasteiger partial charge on any atom is 0.337 e. The fourth-order valence-electron chi connectivity index (χ4n) is 0.328. The highest BCUT2D eigenvalue weighted by molar-refractivity contribution is 7.54. The summed E-state index contributed by atoms with van der Waals surface area (Å²) in [6.45, 7) is 4.12. The first kappa shape index (κ1) is 11.7. The second-order valence-electron chi connectivity index (χ2n) is 1.39. The summed E-state index contributed by atoms with van der Waals surface area (Å²) in [5.41, 5.74) is 0. The zero-order valence-electron chi connectivity index (χ0n) is 6.43. The highest BCUT2D eigenvalue weighted by Crippen LogP contribution is 2.49. The van der Waals surface area contributed by atoms with Gasteiger partial charge < -0.3 is 18.8 Å². The van der Waals surface area contributed by atoms with Gasteiger partial charge in [0.1, 0.15) is 0 Å². The minimum absolute atomic E-state index is 0.345. The van der Waals surface area contributed by atoms with Gasteiger partial charge in [0.05, 0.1) is 13.2 Å². The van der Waals surface area contributed by atoms with Crippen molar-refractivity contribution < 1.29 is 23.1 Å². The Morgan fingerprint density at radius 2 is 1.36 bits per heavy atom. The molecule has 2 atom stereocenters. The van der Waals surface area contributed by atoms with Crippen molar-refractivity contribution in [2.45, 2.75) is 13.8 Å². The number of hydrogen-bond donors (Lipinski definition) is 2. The lowest BCUT2D eigenvalue weighted by Gasteiger charge is -2.11. The molecule has 0 spiro atoms. The smallest absolute Gasteiger partial charge is 0.328 e. The van der Waals surface area contributed by atoms with Gasteiger partial charge in [0.15, 0.2) is 0 Å². The second kappa shape index (κ2) is 7.32. The fraction of sp³-hybridized carbons (Fsp3) is 1.00. The lowest BCUT2D eigenvalue weighted by Crippen LogP contribution is -1.89. The van der Waals surface area contributed by atoms with Crippen LogP contribution >= 0.6 is 17.2 Å². The quantitative estimate of drug-likeness (QED) is 0.639. The summed E-state index contributed by atoms with van der Waals surface area (Å²) in [6.07, 6.45) is 0. The molecule has 0 aliphatic carbocycles. The molecule has 7 heteroatoms. The van der Waals surface area contributed by atoms with Crippen LogP contribution in [-0.2, 0) is 13.4 Å². The van der Waals surface area contributed by atoms with Crippen LogP contribution in [0.1, 0.15) is 13.8 Å². The van der Waals surface area contributed by atoms with Crippen LogP contribution in [0.15, 0.2) is 0 Å². The molecule has 0 fully saturated rings. The lowest BCUT2D eigenvalue weighted by molar-refractivity contribution is 0.232. The van der Waals surface area contributed by atoms with Gasteiger partial charge in [-0.1, -0.05) is 0 Å². The Morgan fingerprint density at radius 1 is 1.00 bits per heavy atom. The van der Waals surface area contributed by atoms with Crippen LogP contribution in [0.3, 0.4) is 0 Å². The Kier molecular flexibility index (Phi) is 7.76. The predicted molar refractivity (Wildman–Crippen MR) is 42.6 cm³/mol. The molecule has 0 aromatic carbocycles. The fourth-order valence-corrected chi connectivity index (χ4v) is 1.62. The molecule has 0 rings (SSSR count). The molecule has 0 aromatic heterocycles. The molecule has 0 radical (unpaired) electrons. The van der Waals surface area contributed by atoms with E-state index in [2.05, 4.69) is 13.4 Å². The standard InChI is InChI=1S/C4H12O5P2/c1-3-7-10(5)9-11(6)8-4-2/h5-6H,3-4H2,1-2H3. The average Bonchev–Trinajstić information content (AvgIpc) is 1.87. The van der Waals surface area contributed by atoms with Crippen molar-refractivity contribution >= 4 is 17.2 Å². The predicted octanol–water partition coefficient (Wildman–Crippen LogP) is 1.51. The molecule has 11 heavy (non-hydrogen) atoms.